The summed E-state index contributed by atoms with van der Waals surface area (Å²) in [5.74, 6) is -0.127. The van der Waals surface area contributed by atoms with E-state index in [1.807, 2.05) is 18.2 Å². The van der Waals surface area contributed by atoms with E-state index in [-0.39, 0.29) is 11.9 Å². The quantitative estimate of drug-likeness (QED) is 0.807. The molecule has 0 spiro atoms. The molecular formula is C16H16FN. The van der Waals surface area contributed by atoms with Crippen molar-refractivity contribution in [3.05, 3.63) is 70.5 Å². The lowest BCUT2D eigenvalue weighted by molar-refractivity contribution is 0.559. The van der Waals surface area contributed by atoms with E-state index in [9.17, 15) is 4.39 Å². The SMILES string of the molecule is Cc1ccc(C2NCCc3ccccc32)cc1F. The Morgan fingerprint density at radius 1 is 1.17 bits per heavy atom. The van der Waals surface area contributed by atoms with Crippen molar-refractivity contribution >= 4 is 0 Å². The van der Waals surface area contributed by atoms with Crippen LogP contribution >= 0.6 is 0 Å². The Balaban J connectivity index is 2.05. The zero-order valence-corrected chi connectivity index (χ0v) is 10.4. The Bertz CT molecular complexity index is 577. The number of aryl methyl sites for hydroxylation is 1. The third-order valence-electron chi connectivity index (χ3n) is 3.64. The van der Waals surface area contributed by atoms with E-state index < -0.39 is 0 Å². The highest BCUT2D eigenvalue weighted by Crippen LogP contribution is 2.29. The number of benzene rings is 2. The van der Waals surface area contributed by atoms with Gasteiger partial charge in [-0.1, -0.05) is 36.4 Å². The van der Waals surface area contributed by atoms with Crippen LogP contribution in [0.25, 0.3) is 0 Å². The highest BCUT2D eigenvalue weighted by molar-refractivity contribution is 5.40. The molecule has 1 unspecified atom stereocenters. The summed E-state index contributed by atoms with van der Waals surface area (Å²) in [5.41, 5.74) is 4.34. The van der Waals surface area contributed by atoms with Crippen molar-refractivity contribution < 1.29 is 4.39 Å². The Hall–Kier alpha value is -1.67. The van der Waals surface area contributed by atoms with E-state index in [4.69, 9.17) is 0 Å². The number of hydrogen-bond acceptors (Lipinski definition) is 1. The molecule has 1 N–H and O–H groups in total. The van der Waals surface area contributed by atoms with Crippen molar-refractivity contribution in [2.75, 3.05) is 6.54 Å². The highest BCUT2D eigenvalue weighted by Gasteiger charge is 2.21. The fourth-order valence-electron chi connectivity index (χ4n) is 2.59. The Morgan fingerprint density at radius 2 is 2.00 bits per heavy atom. The van der Waals surface area contributed by atoms with Gasteiger partial charge in [-0.05, 0) is 41.7 Å². The van der Waals surface area contributed by atoms with Gasteiger partial charge in [-0.2, -0.15) is 0 Å². The van der Waals surface area contributed by atoms with Gasteiger partial charge in [0.05, 0.1) is 6.04 Å². The van der Waals surface area contributed by atoms with Crippen LogP contribution in [0.1, 0.15) is 28.3 Å². The van der Waals surface area contributed by atoms with Crippen LogP contribution in [0.2, 0.25) is 0 Å². The van der Waals surface area contributed by atoms with E-state index >= 15 is 0 Å². The minimum absolute atomic E-state index is 0.116. The average molecular weight is 241 g/mol. The first kappa shape index (κ1) is 11.4. The zero-order valence-electron chi connectivity index (χ0n) is 10.4. The summed E-state index contributed by atoms with van der Waals surface area (Å²) in [6, 6.07) is 14.0. The second-order valence-corrected chi connectivity index (χ2v) is 4.84. The second-order valence-electron chi connectivity index (χ2n) is 4.84. The van der Waals surface area contributed by atoms with Gasteiger partial charge < -0.3 is 5.32 Å². The standard InChI is InChI=1S/C16H16FN/c1-11-6-7-13(10-15(11)17)16-14-5-3-2-4-12(14)8-9-18-16/h2-7,10,16,18H,8-9H2,1H3. The van der Waals surface area contributed by atoms with Gasteiger partial charge in [0.25, 0.3) is 0 Å². The lowest BCUT2D eigenvalue weighted by Crippen LogP contribution is -2.30. The summed E-state index contributed by atoms with van der Waals surface area (Å²) < 4.78 is 13.7. The smallest absolute Gasteiger partial charge is 0.126 e. The van der Waals surface area contributed by atoms with Crippen LogP contribution < -0.4 is 5.32 Å². The van der Waals surface area contributed by atoms with Crippen molar-refractivity contribution in [1.29, 1.82) is 0 Å². The van der Waals surface area contributed by atoms with Crippen LogP contribution in [0.15, 0.2) is 42.5 Å². The second kappa shape index (κ2) is 4.54. The lowest BCUT2D eigenvalue weighted by Gasteiger charge is -2.27. The maximum atomic E-state index is 13.7. The van der Waals surface area contributed by atoms with Gasteiger partial charge in [0, 0.05) is 6.54 Å². The van der Waals surface area contributed by atoms with Gasteiger partial charge >= 0.3 is 0 Å². The third kappa shape index (κ3) is 1.93. The van der Waals surface area contributed by atoms with Crippen LogP contribution in [0.4, 0.5) is 4.39 Å². The number of hydrogen-bond donors (Lipinski definition) is 1. The van der Waals surface area contributed by atoms with E-state index in [1.165, 1.54) is 11.1 Å². The molecule has 0 aromatic heterocycles. The van der Waals surface area contributed by atoms with Crippen LogP contribution in [0, 0.1) is 12.7 Å². The Morgan fingerprint density at radius 3 is 2.83 bits per heavy atom. The molecule has 2 aromatic rings. The Kier molecular flexibility index (Phi) is 2.88. The molecule has 1 aliphatic rings. The van der Waals surface area contributed by atoms with Gasteiger partial charge in [0.1, 0.15) is 5.82 Å². The predicted octanol–water partition coefficient (Wildman–Crippen LogP) is 3.37. The fraction of sp³-hybridized carbons (Fsp3) is 0.250. The maximum absolute atomic E-state index is 13.7. The monoisotopic (exact) mass is 241 g/mol. The molecule has 0 radical (unpaired) electrons. The summed E-state index contributed by atoms with van der Waals surface area (Å²) >= 11 is 0. The van der Waals surface area contributed by atoms with Crippen molar-refractivity contribution in [1.82, 2.24) is 5.32 Å². The van der Waals surface area contributed by atoms with Crippen LogP contribution in [-0.2, 0) is 6.42 Å². The molecule has 0 fully saturated rings. The first-order chi connectivity index (χ1) is 8.75. The van der Waals surface area contributed by atoms with Crippen LogP contribution in [0.5, 0.6) is 0 Å². The molecule has 0 aliphatic carbocycles. The lowest BCUT2D eigenvalue weighted by atomic mass is 9.89. The summed E-state index contributed by atoms with van der Waals surface area (Å²) in [5, 5.41) is 3.47. The van der Waals surface area contributed by atoms with Crippen molar-refractivity contribution in [3.8, 4) is 0 Å². The molecule has 3 rings (SSSR count). The van der Waals surface area contributed by atoms with Gasteiger partial charge in [0.2, 0.25) is 0 Å². The summed E-state index contributed by atoms with van der Waals surface area (Å²) in [7, 11) is 0. The average Bonchev–Trinajstić information content (AvgIpc) is 2.41. The van der Waals surface area contributed by atoms with E-state index in [0.717, 1.165) is 18.5 Å². The molecule has 0 saturated heterocycles. The maximum Gasteiger partial charge on any atom is 0.126 e. The summed E-state index contributed by atoms with van der Waals surface area (Å²) in [6.07, 6.45) is 1.04. The normalized spacial score (nSPS) is 18.4. The molecule has 18 heavy (non-hydrogen) atoms. The predicted molar refractivity (Wildman–Crippen MR) is 71.1 cm³/mol. The zero-order chi connectivity index (χ0) is 12.5. The minimum Gasteiger partial charge on any atom is -0.306 e. The van der Waals surface area contributed by atoms with E-state index in [1.54, 1.807) is 13.0 Å². The number of rotatable bonds is 1. The molecule has 1 nitrogen and oxygen atoms in total. The summed E-state index contributed by atoms with van der Waals surface area (Å²) in [6.45, 7) is 2.73. The minimum atomic E-state index is -0.127. The van der Waals surface area contributed by atoms with E-state index in [0.29, 0.717) is 5.56 Å². The highest BCUT2D eigenvalue weighted by atomic mass is 19.1. The fourth-order valence-corrected chi connectivity index (χ4v) is 2.59. The first-order valence-electron chi connectivity index (χ1n) is 6.33. The molecular weight excluding hydrogens is 225 g/mol. The third-order valence-corrected chi connectivity index (χ3v) is 3.64. The molecule has 92 valence electrons. The van der Waals surface area contributed by atoms with Gasteiger partial charge in [-0.25, -0.2) is 4.39 Å². The van der Waals surface area contributed by atoms with Crippen molar-refractivity contribution in [3.63, 3.8) is 0 Å². The van der Waals surface area contributed by atoms with Gasteiger partial charge in [0.15, 0.2) is 0 Å². The number of nitrogens with one attached hydrogen (secondary N) is 1. The molecule has 0 amide bonds. The largest absolute Gasteiger partial charge is 0.306 e. The van der Waals surface area contributed by atoms with Crippen molar-refractivity contribution in [2.24, 2.45) is 0 Å². The van der Waals surface area contributed by atoms with Gasteiger partial charge in [-0.15, -0.1) is 0 Å². The Labute approximate surface area is 107 Å². The number of fused-ring (bicyclic) bond motifs is 1. The van der Waals surface area contributed by atoms with Crippen molar-refractivity contribution in [2.45, 2.75) is 19.4 Å². The molecule has 1 heterocycles. The topological polar surface area (TPSA) is 12.0 Å². The molecule has 1 atom stereocenters. The molecule has 0 saturated carbocycles. The van der Waals surface area contributed by atoms with Crippen LogP contribution in [-0.4, -0.2) is 6.54 Å². The molecule has 2 aromatic carbocycles. The molecule has 2 heteroatoms. The van der Waals surface area contributed by atoms with Crippen LogP contribution in [0.3, 0.4) is 0 Å². The first-order valence-corrected chi connectivity index (χ1v) is 6.33. The number of halogens is 1. The van der Waals surface area contributed by atoms with Gasteiger partial charge in [-0.3, -0.25) is 0 Å². The summed E-state index contributed by atoms with van der Waals surface area (Å²) in [4.78, 5) is 0. The van der Waals surface area contributed by atoms with E-state index in [2.05, 4.69) is 23.5 Å². The molecule has 0 bridgehead atoms. The molecule has 1 aliphatic heterocycles.